The Bertz CT molecular complexity index is 1960. The van der Waals surface area contributed by atoms with Crippen LogP contribution in [0.25, 0.3) is 33.4 Å². The third kappa shape index (κ3) is 6.11. The summed E-state index contributed by atoms with van der Waals surface area (Å²) in [7, 11) is -3.39. The minimum Gasteiger partial charge on any atom is -0.426 e. The van der Waals surface area contributed by atoms with E-state index in [0.717, 1.165) is 11.0 Å². The number of amides is 1. The number of nitrogens with zero attached hydrogens (tertiary/aromatic N) is 6. The second-order valence-corrected chi connectivity index (χ2v) is 10.6. The van der Waals surface area contributed by atoms with Crippen LogP contribution in [0.1, 0.15) is 22.8 Å². The summed E-state index contributed by atoms with van der Waals surface area (Å²) in [6, 6.07) is 5.33. The number of aromatic nitrogens is 5. The maximum atomic E-state index is 15.0. The van der Waals surface area contributed by atoms with Gasteiger partial charge in [0.1, 0.15) is 11.6 Å². The molecule has 5 aromatic rings. The second kappa shape index (κ2) is 11.8. The molecule has 0 bridgehead atoms. The van der Waals surface area contributed by atoms with E-state index in [2.05, 4.69) is 24.7 Å². The number of benzene rings is 1. The van der Waals surface area contributed by atoms with Crippen molar-refractivity contribution in [2.75, 3.05) is 23.4 Å². The van der Waals surface area contributed by atoms with E-state index in [1.165, 1.54) is 61.6 Å². The van der Waals surface area contributed by atoms with Crippen LogP contribution in [-0.2, 0) is 27.2 Å². The average molecular weight is 626 g/mol. The van der Waals surface area contributed by atoms with Crippen molar-refractivity contribution in [1.29, 1.82) is 0 Å². The number of phosphoric ester groups is 1. The fourth-order valence-electron chi connectivity index (χ4n) is 4.33. The van der Waals surface area contributed by atoms with E-state index in [9.17, 15) is 18.5 Å². The number of hydrogen-bond acceptors (Lipinski definition) is 12. The molecule has 4 heterocycles. The monoisotopic (exact) mass is 626 g/mol. The molecule has 0 unspecified atom stereocenters. The van der Waals surface area contributed by atoms with Gasteiger partial charge in [-0.3, -0.25) is 19.2 Å². The second-order valence-electron chi connectivity index (χ2n) is 9.38. The molecule has 6 N–H and O–H groups in total. The predicted octanol–water partition coefficient (Wildman–Crippen LogP) is 3.49. The van der Waals surface area contributed by atoms with Gasteiger partial charge in [-0.25, -0.2) is 23.4 Å². The summed E-state index contributed by atoms with van der Waals surface area (Å²) >= 11 is 0. The lowest BCUT2D eigenvalue weighted by molar-refractivity contribution is 0.101. The van der Waals surface area contributed by atoms with Gasteiger partial charge in [-0.2, -0.15) is 5.10 Å². The first-order chi connectivity index (χ1) is 20.8. The molecular weight excluding hydrogens is 602 g/mol. The van der Waals surface area contributed by atoms with E-state index in [0.29, 0.717) is 11.1 Å². The summed E-state index contributed by atoms with van der Waals surface area (Å²) in [5, 5.41) is 8.20. The fourth-order valence-corrected chi connectivity index (χ4v) is 4.64. The van der Waals surface area contributed by atoms with Gasteiger partial charge < -0.3 is 30.5 Å². The molecule has 18 heteroatoms. The van der Waals surface area contributed by atoms with Crippen LogP contribution in [0.15, 0.2) is 53.6 Å². The highest BCUT2D eigenvalue weighted by Gasteiger charge is 2.24. The number of fused-ring (bicyclic) bond motifs is 1. The predicted molar refractivity (Wildman–Crippen MR) is 153 cm³/mol. The Morgan fingerprint density at radius 3 is 2.68 bits per heavy atom. The van der Waals surface area contributed by atoms with E-state index in [1.807, 2.05) is 0 Å². The fraction of sp³-hybridized carbons (Fsp3) is 0.154. The van der Waals surface area contributed by atoms with Crippen LogP contribution in [0.5, 0.6) is 0 Å². The Hall–Kier alpha value is -5.22. The molecule has 0 fully saturated rings. The van der Waals surface area contributed by atoms with Crippen LogP contribution in [-0.4, -0.2) is 53.6 Å². The molecule has 1 aromatic carbocycles. The van der Waals surface area contributed by atoms with Crippen LogP contribution in [0.3, 0.4) is 0 Å². The minimum atomic E-state index is -4.75. The first-order valence-electron chi connectivity index (χ1n) is 12.6. The highest BCUT2D eigenvalue weighted by molar-refractivity contribution is 7.46. The van der Waals surface area contributed by atoms with E-state index in [4.69, 9.17) is 30.5 Å². The van der Waals surface area contributed by atoms with E-state index < -0.39 is 26.3 Å². The van der Waals surface area contributed by atoms with E-state index >= 15 is 0 Å². The lowest BCUT2D eigenvalue weighted by Crippen LogP contribution is -2.29. The van der Waals surface area contributed by atoms with Crippen molar-refractivity contribution < 1.29 is 42.1 Å². The molecule has 0 atom stereocenters. The van der Waals surface area contributed by atoms with Crippen LogP contribution in [0, 0.1) is 5.82 Å². The Balaban J connectivity index is 1.37. The number of ketones is 1. The molecule has 0 radical (unpaired) electrons. The Morgan fingerprint density at radius 2 is 1.95 bits per heavy atom. The van der Waals surface area contributed by atoms with Crippen LogP contribution in [0.4, 0.5) is 26.5 Å². The third-order valence-corrected chi connectivity index (χ3v) is 6.87. The summed E-state index contributed by atoms with van der Waals surface area (Å²) < 4.78 is 42.7. The third-order valence-electron chi connectivity index (χ3n) is 6.41. The number of Topliss-reactive ketones (excluding diaryl/α,β-unsaturated/α-hetero) is 1. The van der Waals surface area contributed by atoms with Gasteiger partial charge in [0.15, 0.2) is 23.9 Å². The van der Waals surface area contributed by atoms with Crippen LogP contribution in [0.2, 0.25) is 0 Å². The number of halogens is 1. The smallest absolute Gasteiger partial charge is 0.426 e. The molecule has 0 spiro atoms. The normalized spacial score (nSPS) is 11.6. The zero-order valence-electron chi connectivity index (χ0n) is 23.0. The SMILES string of the molecule is CC(=O)c1cc(-c2ncc(-c3cnn(COC(=O)N(C)c4ncccc4COP(=O)(O)O)c3)c3onc(N)c23)c(F)cc1N. The number of nitrogens with two attached hydrogens (primary N) is 2. The maximum Gasteiger partial charge on any atom is 0.469 e. The quantitative estimate of drug-likeness (QED) is 0.104. The van der Waals surface area contributed by atoms with Crippen molar-refractivity contribution >= 4 is 48.0 Å². The molecule has 0 saturated carbocycles. The molecule has 44 heavy (non-hydrogen) atoms. The van der Waals surface area contributed by atoms with Gasteiger partial charge in [-0.15, -0.1) is 0 Å². The average Bonchev–Trinajstić information content (AvgIpc) is 3.61. The first-order valence-corrected chi connectivity index (χ1v) is 14.1. The number of carbonyl (C=O) groups is 2. The number of ether oxygens (including phenoxy) is 1. The van der Waals surface area contributed by atoms with Crippen molar-refractivity contribution in [3.05, 3.63) is 66.0 Å². The number of pyridine rings is 2. The molecule has 4 aromatic heterocycles. The number of carbonyl (C=O) groups excluding carboxylic acids is 2. The van der Waals surface area contributed by atoms with Gasteiger partial charge in [0, 0.05) is 59.1 Å². The Labute approximate surface area is 247 Å². The molecule has 0 aliphatic heterocycles. The lowest BCUT2D eigenvalue weighted by Gasteiger charge is -2.19. The van der Waals surface area contributed by atoms with Crippen molar-refractivity contribution in [3.63, 3.8) is 0 Å². The molecule has 0 aliphatic carbocycles. The number of rotatable bonds is 9. The van der Waals surface area contributed by atoms with Gasteiger partial charge in [0.2, 0.25) is 0 Å². The van der Waals surface area contributed by atoms with Crippen molar-refractivity contribution in [1.82, 2.24) is 24.9 Å². The lowest BCUT2D eigenvalue weighted by atomic mass is 9.99. The highest BCUT2D eigenvalue weighted by atomic mass is 31.2. The van der Waals surface area contributed by atoms with Crippen LogP contribution < -0.4 is 16.4 Å². The van der Waals surface area contributed by atoms with Crippen molar-refractivity contribution in [2.45, 2.75) is 20.3 Å². The molecular formula is C26H24FN8O8P. The number of hydrogen-bond donors (Lipinski definition) is 4. The van der Waals surface area contributed by atoms with Gasteiger partial charge in [-0.05, 0) is 25.1 Å². The molecule has 228 valence electrons. The first kappa shape index (κ1) is 30.2. The highest BCUT2D eigenvalue weighted by Crippen LogP contribution is 2.39. The maximum absolute atomic E-state index is 15.0. The zero-order valence-corrected chi connectivity index (χ0v) is 23.9. The minimum absolute atomic E-state index is 0.0152. The largest absolute Gasteiger partial charge is 0.469 e. The number of phosphoric acid groups is 1. The van der Waals surface area contributed by atoms with E-state index in [-0.39, 0.29) is 63.2 Å². The summed E-state index contributed by atoms with van der Waals surface area (Å²) in [5.74, 6) is -1.07. The summed E-state index contributed by atoms with van der Waals surface area (Å²) in [6.45, 7) is 0.479. The van der Waals surface area contributed by atoms with Gasteiger partial charge >= 0.3 is 13.9 Å². The Kier molecular flexibility index (Phi) is 8.12. The number of anilines is 3. The van der Waals surface area contributed by atoms with Crippen molar-refractivity contribution in [2.24, 2.45) is 0 Å². The number of nitrogen functional groups attached to an aromatic ring is 2. The Morgan fingerprint density at radius 1 is 1.18 bits per heavy atom. The topological polar surface area (TPSA) is 235 Å². The molecule has 1 amide bonds. The van der Waals surface area contributed by atoms with Crippen molar-refractivity contribution in [3.8, 4) is 22.4 Å². The molecule has 16 nitrogen and oxygen atoms in total. The summed E-state index contributed by atoms with van der Waals surface area (Å²) in [6.07, 6.45) is 4.92. The zero-order chi connectivity index (χ0) is 31.8. The summed E-state index contributed by atoms with van der Waals surface area (Å²) in [4.78, 5) is 52.2. The summed E-state index contributed by atoms with van der Waals surface area (Å²) in [5.41, 5.74) is 13.3. The van der Waals surface area contributed by atoms with Gasteiger partial charge in [-0.1, -0.05) is 11.2 Å². The van der Waals surface area contributed by atoms with Gasteiger partial charge in [0.25, 0.3) is 0 Å². The molecule has 0 saturated heterocycles. The molecule has 5 rings (SSSR count). The van der Waals surface area contributed by atoms with Crippen LogP contribution >= 0.6 is 7.82 Å². The standard InChI is InChI=1S/C26H24FN8O8P/c1-13(36)16-6-17(19(27)7-20(16)28)22-21-23(43-33-24(21)29)18(9-31-22)15-8-32-35(10-15)12-41-26(37)34(2)25-14(4-3-5-30-25)11-42-44(38,39)40/h3-10H,11-12,28H2,1-2H3,(H2,29,33)(H2,38,39,40). The molecule has 0 aliphatic rings. The van der Waals surface area contributed by atoms with E-state index in [1.54, 1.807) is 0 Å². The van der Waals surface area contributed by atoms with Gasteiger partial charge in [0.05, 0.1) is 23.9 Å².